The van der Waals surface area contributed by atoms with Gasteiger partial charge in [-0.1, -0.05) is 18.2 Å². The number of hydrogen-bond donors (Lipinski definition) is 0. The van der Waals surface area contributed by atoms with Gasteiger partial charge in [0, 0.05) is 10.4 Å². The highest BCUT2D eigenvalue weighted by Gasteiger charge is 2.19. The van der Waals surface area contributed by atoms with Crippen LogP contribution in [0.2, 0.25) is 0 Å². The van der Waals surface area contributed by atoms with Gasteiger partial charge in [-0.3, -0.25) is 4.79 Å². The Labute approximate surface area is 200 Å². The molecule has 8 heteroatoms. The molecule has 34 heavy (non-hydrogen) atoms. The summed E-state index contributed by atoms with van der Waals surface area (Å²) in [6.45, 7) is 0.250. The number of ether oxygens (including phenoxy) is 2. The predicted molar refractivity (Wildman–Crippen MR) is 132 cm³/mol. The predicted octanol–water partition coefficient (Wildman–Crippen LogP) is 4.68. The lowest BCUT2D eigenvalue weighted by Crippen LogP contribution is -2.18. The number of benzene rings is 2. The Kier molecular flexibility index (Phi) is 6.11. The van der Waals surface area contributed by atoms with Crippen LogP contribution in [0.1, 0.15) is 40.0 Å². The summed E-state index contributed by atoms with van der Waals surface area (Å²) >= 11 is 1.62. The molecule has 0 amide bonds. The van der Waals surface area contributed by atoms with Crippen LogP contribution in [-0.2, 0) is 19.4 Å². The summed E-state index contributed by atoms with van der Waals surface area (Å²) in [5, 5.41) is 14.3. The van der Waals surface area contributed by atoms with Crippen molar-refractivity contribution in [1.82, 2.24) is 9.66 Å². The number of nitrogens with zero attached hydrogens (tertiary/aromatic N) is 4. The Hall–Kier alpha value is -3.96. The van der Waals surface area contributed by atoms with Gasteiger partial charge in [-0.15, -0.1) is 11.3 Å². The molecule has 0 fully saturated rings. The molecule has 4 aromatic rings. The summed E-state index contributed by atoms with van der Waals surface area (Å²) in [5.41, 5.74) is 3.14. The number of rotatable bonds is 6. The Balaban J connectivity index is 1.38. The summed E-state index contributed by atoms with van der Waals surface area (Å²) in [6, 6.07) is 14.9. The molecule has 1 aliphatic carbocycles. The Morgan fingerprint density at radius 1 is 1.21 bits per heavy atom. The molecule has 170 valence electrons. The zero-order valence-electron chi connectivity index (χ0n) is 18.7. The molecule has 0 saturated carbocycles. The summed E-state index contributed by atoms with van der Waals surface area (Å²) in [7, 11) is 1.56. The molecular formula is C26H22N4O3S. The van der Waals surface area contributed by atoms with Gasteiger partial charge in [0.15, 0.2) is 11.5 Å². The van der Waals surface area contributed by atoms with Gasteiger partial charge in [0.2, 0.25) is 0 Å². The maximum absolute atomic E-state index is 13.1. The first-order valence-corrected chi connectivity index (χ1v) is 11.8. The first-order chi connectivity index (χ1) is 16.7. The van der Waals surface area contributed by atoms with Crippen LogP contribution in [0.5, 0.6) is 11.5 Å². The van der Waals surface area contributed by atoms with Gasteiger partial charge < -0.3 is 9.47 Å². The number of hydrogen-bond acceptors (Lipinski definition) is 7. The molecule has 2 heterocycles. The van der Waals surface area contributed by atoms with E-state index in [2.05, 4.69) is 16.2 Å². The number of nitriles is 1. The third-order valence-corrected chi connectivity index (χ3v) is 7.10. The van der Waals surface area contributed by atoms with Crippen molar-refractivity contribution in [2.24, 2.45) is 5.10 Å². The highest BCUT2D eigenvalue weighted by molar-refractivity contribution is 7.18. The van der Waals surface area contributed by atoms with Gasteiger partial charge in [0.25, 0.3) is 5.56 Å². The van der Waals surface area contributed by atoms with E-state index in [0.717, 1.165) is 40.8 Å². The SMILES string of the molecule is COc1cc(/C=N\n2cnc3sc4c(c3c2=O)CCCC4)ccc1OCc1ccccc1C#N. The molecule has 2 aromatic heterocycles. The molecule has 0 bridgehead atoms. The van der Waals surface area contributed by atoms with Crippen molar-refractivity contribution in [3.63, 3.8) is 0 Å². The molecule has 2 aromatic carbocycles. The number of aryl methyl sites for hydroxylation is 2. The van der Waals surface area contributed by atoms with Crippen LogP contribution >= 0.6 is 11.3 Å². The number of aromatic nitrogens is 2. The molecule has 0 N–H and O–H groups in total. The van der Waals surface area contributed by atoms with E-state index in [9.17, 15) is 10.1 Å². The van der Waals surface area contributed by atoms with Crippen molar-refractivity contribution < 1.29 is 9.47 Å². The fourth-order valence-corrected chi connectivity index (χ4v) is 5.36. The largest absolute Gasteiger partial charge is 0.493 e. The van der Waals surface area contributed by atoms with Crippen molar-refractivity contribution >= 4 is 27.8 Å². The standard InChI is InChI=1S/C26H22N4O3S/c1-32-22-12-17(10-11-21(22)33-15-19-7-3-2-6-18(19)13-27)14-29-30-16-28-25-24(26(30)31)20-8-4-5-9-23(20)34-25/h2-3,6-7,10-12,14,16H,4-5,8-9,15H2,1H3/b29-14-. The number of methoxy groups -OCH3 is 1. The lowest BCUT2D eigenvalue weighted by molar-refractivity contribution is 0.284. The lowest BCUT2D eigenvalue weighted by Gasteiger charge is -2.12. The number of thiophene rings is 1. The maximum atomic E-state index is 13.1. The highest BCUT2D eigenvalue weighted by Crippen LogP contribution is 2.33. The smallest absolute Gasteiger partial charge is 0.282 e. The van der Waals surface area contributed by atoms with Gasteiger partial charge in [0.05, 0.1) is 30.3 Å². The average Bonchev–Trinajstić information content (AvgIpc) is 3.27. The van der Waals surface area contributed by atoms with Gasteiger partial charge in [0.1, 0.15) is 17.8 Å². The minimum atomic E-state index is -0.135. The third kappa shape index (κ3) is 4.18. The first-order valence-electron chi connectivity index (χ1n) is 11.0. The lowest BCUT2D eigenvalue weighted by atomic mass is 9.97. The van der Waals surface area contributed by atoms with Gasteiger partial charge in [-0.25, -0.2) is 4.98 Å². The van der Waals surface area contributed by atoms with E-state index in [1.807, 2.05) is 24.3 Å². The molecule has 0 spiro atoms. The Morgan fingerprint density at radius 3 is 2.91 bits per heavy atom. The van der Waals surface area contributed by atoms with Crippen LogP contribution in [0.3, 0.4) is 0 Å². The Bertz CT molecular complexity index is 1500. The molecule has 0 radical (unpaired) electrons. The molecular weight excluding hydrogens is 448 g/mol. The average molecular weight is 471 g/mol. The number of fused-ring (bicyclic) bond motifs is 3. The molecule has 0 aliphatic heterocycles. The van der Waals surface area contributed by atoms with Gasteiger partial charge >= 0.3 is 0 Å². The molecule has 7 nitrogen and oxygen atoms in total. The zero-order valence-corrected chi connectivity index (χ0v) is 19.5. The van der Waals surface area contributed by atoms with Crippen molar-refractivity contribution in [2.75, 3.05) is 7.11 Å². The topological polar surface area (TPSA) is 89.5 Å². The van der Waals surface area contributed by atoms with E-state index in [0.29, 0.717) is 22.4 Å². The van der Waals surface area contributed by atoms with Crippen molar-refractivity contribution in [1.29, 1.82) is 5.26 Å². The van der Waals surface area contributed by atoms with Crippen molar-refractivity contribution in [3.05, 3.63) is 86.3 Å². The second-order valence-electron chi connectivity index (χ2n) is 8.00. The Morgan fingerprint density at radius 2 is 2.06 bits per heavy atom. The maximum Gasteiger partial charge on any atom is 0.282 e. The normalized spacial score (nSPS) is 13.1. The summed E-state index contributed by atoms with van der Waals surface area (Å²) in [4.78, 5) is 19.6. The van der Waals surface area contributed by atoms with Crippen LogP contribution in [0.4, 0.5) is 0 Å². The minimum Gasteiger partial charge on any atom is -0.493 e. The van der Waals surface area contributed by atoms with E-state index < -0.39 is 0 Å². The fourth-order valence-electron chi connectivity index (χ4n) is 4.14. The molecule has 5 rings (SSSR count). The highest BCUT2D eigenvalue weighted by atomic mass is 32.1. The third-order valence-electron chi connectivity index (χ3n) is 5.90. The monoisotopic (exact) mass is 470 g/mol. The van der Waals surface area contributed by atoms with Crippen molar-refractivity contribution in [3.8, 4) is 17.6 Å². The van der Waals surface area contributed by atoms with E-state index >= 15 is 0 Å². The fraction of sp³-hybridized carbons (Fsp3) is 0.231. The molecule has 0 atom stereocenters. The van der Waals surface area contributed by atoms with Crippen LogP contribution in [-0.4, -0.2) is 23.0 Å². The first kappa shape index (κ1) is 21.9. The van der Waals surface area contributed by atoms with E-state index in [1.54, 1.807) is 42.9 Å². The van der Waals surface area contributed by atoms with Gasteiger partial charge in [-0.2, -0.15) is 15.0 Å². The summed E-state index contributed by atoms with van der Waals surface area (Å²) < 4.78 is 12.7. The minimum absolute atomic E-state index is 0.135. The van der Waals surface area contributed by atoms with Crippen LogP contribution in [0.15, 0.2) is 58.7 Å². The second-order valence-corrected chi connectivity index (χ2v) is 9.08. The van der Waals surface area contributed by atoms with E-state index in [-0.39, 0.29) is 12.2 Å². The molecule has 0 saturated heterocycles. The van der Waals surface area contributed by atoms with E-state index in [4.69, 9.17) is 9.47 Å². The van der Waals surface area contributed by atoms with Crippen LogP contribution < -0.4 is 15.0 Å². The zero-order chi connectivity index (χ0) is 23.5. The van der Waals surface area contributed by atoms with Crippen LogP contribution in [0.25, 0.3) is 10.2 Å². The summed E-state index contributed by atoms with van der Waals surface area (Å²) in [6.07, 6.45) is 7.30. The van der Waals surface area contributed by atoms with Crippen LogP contribution in [0, 0.1) is 11.3 Å². The summed E-state index contributed by atoms with van der Waals surface area (Å²) in [5.74, 6) is 1.09. The van der Waals surface area contributed by atoms with Gasteiger partial charge in [-0.05, 0) is 61.1 Å². The molecule has 1 aliphatic rings. The van der Waals surface area contributed by atoms with E-state index in [1.165, 1.54) is 22.3 Å². The second kappa shape index (κ2) is 9.49. The van der Waals surface area contributed by atoms with Crippen molar-refractivity contribution in [2.45, 2.75) is 32.3 Å². The quantitative estimate of drug-likeness (QED) is 0.382. The molecule has 0 unspecified atom stereocenters.